The van der Waals surface area contributed by atoms with Gasteiger partial charge in [-0.25, -0.2) is 0 Å². The summed E-state index contributed by atoms with van der Waals surface area (Å²) in [7, 11) is 0. The molecule has 2 N–H and O–H groups in total. The minimum absolute atomic E-state index is 0.102. The first-order valence-electron chi connectivity index (χ1n) is 5.37. The van der Waals surface area contributed by atoms with E-state index in [2.05, 4.69) is 17.2 Å². The number of amides is 1. The van der Waals surface area contributed by atoms with Gasteiger partial charge in [-0.05, 0) is 19.8 Å². The molecule has 1 rings (SSSR count). The molecule has 0 bridgehead atoms. The number of rotatable bonds is 5. The lowest BCUT2D eigenvalue weighted by molar-refractivity contribution is -0.120. The molecule has 0 heterocycles. The van der Waals surface area contributed by atoms with Crippen LogP contribution >= 0.6 is 0 Å². The van der Waals surface area contributed by atoms with Crippen LogP contribution in [0.2, 0.25) is 0 Å². The van der Waals surface area contributed by atoms with Gasteiger partial charge in [-0.3, -0.25) is 4.79 Å². The van der Waals surface area contributed by atoms with Crippen molar-refractivity contribution in [2.24, 2.45) is 0 Å². The van der Waals surface area contributed by atoms with Gasteiger partial charge in [-0.15, -0.1) is 6.58 Å². The third kappa shape index (κ3) is 3.92. The Bertz CT molecular complexity index is 197. The third-order valence-electron chi connectivity index (χ3n) is 2.66. The molecule has 1 aliphatic rings. The van der Waals surface area contributed by atoms with Crippen LogP contribution in [0.15, 0.2) is 12.7 Å². The molecule has 1 aliphatic carbocycles. The first-order valence-corrected chi connectivity index (χ1v) is 5.37. The van der Waals surface area contributed by atoms with Crippen molar-refractivity contribution < 1.29 is 4.79 Å². The van der Waals surface area contributed by atoms with Crippen LogP contribution in [0.5, 0.6) is 0 Å². The Morgan fingerprint density at radius 3 is 2.79 bits per heavy atom. The highest BCUT2D eigenvalue weighted by molar-refractivity contribution is 5.78. The van der Waals surface area contributed by atoms with Gasteiger partial charge in [0.1, 0.15) is 0 Å². The summed E-state index contributed by atoms with van der Waals surface area (Å²) in [6.45, 7) is 6.02. The molecule has 0 aromatic heterocycles. The Balaban J connectivity index is 2.12. The van der Waals surface area contributed by atoms with Crippen LogP contribution in [0.3, 0.4) is 0 Å². The lowest BCUT2D eigenvalue weighted by Crippen LogP contribution is -2.41. The molecule has 0 aliphatic heterocycles. The summed E-state index contributed by atoms with van der Waals surface area (Å²) in [6, 6.07) is 0.618. The molecule has 1 unspecified atom stereocenters. The van der Waals surface area contributed by atoms with E-state index in [0.29, 0.717) is 12.6 Å². The molecule has 1 atom stereocenters. The van der Waals surface area contributed by atoms with Gasteiger partial charge in [0, 0.05) is 12.1 Å². The summed E-state index contributed by atoms with van der Waals surface area (Å²) in [4.78, 5) is 11.4. The zero-order chi connectivity index (χ0) is 10.4. The number of hydrogen-bond donors (Lipinski definition) is 2. The Kier molecular flexibility index (Phi) is 4.66. The minimum Gasteiger partial charge on any atom is -0.352 e. The molecule has 80 valence electrons. The highest BCUT2D eigenvalue weighted by atomic mass is 16.1. The van der Waals surface area contributed by atoms with Crippen LogP contribution in [0.4, 0.5) is 0 Å². The van der Waals surface area contributed by atoms with Crippen molar-refractivity contribution >= 4 is 5.91 Å². The molecule has 0 spiro atoms. The van der Waals surface area contributed by atoms with Crippen LogP contribution in [0.1, 0.15) is 32.6 Å². The van der Waals surface area contributed by atoms with Crippen LogP contribution in [0, 0.1) is 0 Å². The molecule has 0 aromatic carbocycles. The van der Waals surface area contributed by atoms with E-state index in [1.54, 1.807) is 6.08 Å². The average molecular weight is 196 g/mol. The fourth-order valence-electron chi connectivity index (χ4n) is 1.69. The van der Waals surface area contributed by atoms with Crippen LogP contribution in [-0.2, 0) is 4.79 Å². The van der Waals surface area contributed by atoms with Crippen molar-refractivity contribution in [1.82, 2.24) is 10.6 Å². The Hall–Kier alpha value is -0.830. The second-order valence-corrected chi connectivity index (χ2v) is 3.95. The van der Waals surface area contributed by atoms with Gasteiger partial charge in [0.25, 0.3) is 0 Å². The second kappa shape index (κ2) is 5.81. The molecule has 0 saturated heterocycles. The maximum Gasteiger partial charge on any atom is 0.234 e. The van der Waals surface area contributed by atoms with Crippen molar-refractivity contribution in [3.63, 3.8) is 0 Å². The number of nitrogens with one attached hydrogen (secondary N) is 2. The Labute approximate surface area is 86.0 Å². The number of hydrogen-bond acceptors (Lipinski definition) is 2. The largest absolute Gasteiger partial charge is 0.352 e. The molecular formula is C11H20N2O. The lowest BCUT2D eigenvalue weighted by Gasteiger charge is -2.13. The second-order valence-electron chi connectivity index (χ2n) is 3.95. The Morgan fingerprint density at radius 2 is 2.21 bits per heavy atom. The zero-order valence-corrected chi connectivity index (χ0v) is 8.88. The summed E-state index contributed by atoms with van der Waals surface area (Å²) < 4.78 is 0. The standard InChI is InChI=1S/C11H20N2O/c1-3-9(2)12-8-11(14)13-10-6-4-5-7-10/h3,9-10,12H,1,4-8H2,2H3,(H,13,14). The minimum atomic E-state index is 0.102. The van der Waals surface area contributed by atoms with Crippen LogP contribution in [-0.4, -0.2) is 24.5 Å². The average Bonchev–Trinajstić information content (AvgIpc) is 2.66. The van der Waals surface area contributed by atoms with Gasteiger partial charge in [0.15, 0.2) is 0 Å². The highest BCUT2D eigenvalue weighted by Crippen LogP contribution is 2.17. The molecule has 14 heavy (non-hydrogen) atoms. The Morgan fingerprint density at radius 1 is 1.57 bits per heavy atom. The maximum atomic E-state index is 11.4. The number of carbonyl (C=O) groups is 1. The zero-order valence-electron chi connectivity index (χ0n) is 8.88. The van der Waals surface area contributed by atoms with Crippen molar-refractivity contribution in [3.05, 3.63) is 12.7 Å². The molecule has 0 radical (unpaired) electrons. The van der Waals surface area contributed by atoms with E-state index >= 15 is 0 Å². The van der Waals surface area contributed by atoms with E-state index in [9.17, 15) is 4.79 Å². The van der Waals surface area contributed by atoms with E-state index < -0.39 is 0 Å². The van der Waals surface area contributed by atoms with Crippen molar-refractivity contribution in [2.45, 2.75) is 44.7 Å². The first kappa shape index (κ1) is 11.2. The molecule has 1 saturated carbocycles. The summed E-state index contributed by atoms with van der Waals surface area (Å²) in [5.41, 5.74) is 0. The van der Waals surface area contributed by atoms with Gasteiger partial charge < -0.3 is 10.6 Å². The molecule has 1 amide bonds. The fraction of sp³-hybridized carbons (Fsp3) is 0.727. The quantitative estimate of drug-likeness (QED) is 0.649. The molecule has 3 nitrogen and oxygen atoms in total. The van der Waals surface area contributed by atoms with Gasteiger partial charge >= 0.3 is 0 Å². The summed E-state index contributed by atoms with van der Waals surface area (Å²) >= 11 is 0. The smallest absolute Gasteiger partial charge is 0.234 e. The van der Waals surface area contributed by atoms with Crippen molar-refractivity contribution in [1.29, 1.82) is 0 Å². The molecule has 0 aromatic rings. The van der Waals surface area contributed by atoms with Crippen LogP contribution < -0.4 is 10.6 Å². The molecule has 3 heteroatoms. The summed E-state index contributed by atoms with van der Waals surface area (Å²) in [6.07, 6.45) is 6.58. The van der Waals surface area contributed by atoms with E-state index in [0.717, 1.165) is 12.8 Å². The highest BCUT2D eigenvalue weighted by Gasteiger charge is 2.16. The number of carbonyl (C=O) groups excluding carboxylic acids is 1. The van der Waals surface area contributed by atoms with E-state index in [1.165, 1.54) is 12.8 Å². The summed E-state index contributed by atoms with van der Waals surface area (Å²) in [5.74, 6) is 0.102. The topological polar surface area (TPSA) is 41.1 Å². The van der Waals surface area contributed by atoms with Gasteiger partial charge in [-0.1, -0.05) is 18.9 Å². The monoisotopic (exact) mass is 196 g/mol. The molecular weight excluding hydrogens is 176 g/mol. The SMILES string of the molecule is C=CC(C)NCC(=O)NC1CCCC1. The lowest BCUT2D eigenvalue weighted by atomic mass is 10.2. The predicted molar refractivity (Wildman–Crippen MR) is 58.1 cm³/mol. The van der Waals surface area contributed by atoms with Crippen molar-refractivity contribution in [2.75, 3.05) is 6.54 Å². The van der Waals surface area contributed by atoms with E-state index in [4.69, 9.17) is 0 Å². The summed E-state index contributed by atoms with van der Waals surface area (Å²) in [5, 5.41) is 6.10. The van der Waals surface area contributed by atoms with Gasteiger partial charge in [0.2, 0.25) is 5.91 Å². The third-order valence-corrected chi connectivity index (χ3v) is 2.66. The van der Waals surface area contributed by atoms with E-state index in [-0.39, 0.29) is 11.9 Å². The predicted octanol–water partition coefficient (Wildman–Crippen LogP) is 1.21. The maximum absolute atomic E-state index is 11.4. The molecule has 1 fully saturated rings. The van der Waals surface area contributed by atoms with E-state index in [1.807, 2.05) is 6.92 Å². The van der Waals surface area contributed by atoms with Gasteiger partial charge in [-0.2, -0.15) is 0 Å². The van der Waals surface area contributed by atoms with Crippen molar-refractivity contribution in [3.8, 4) is 0 Å². The normalized spacial score (nSPS) is 19.2. The first-order chi connectivity index (χ1) is 6.72. The van der Waals surface area contributed by atoms with Crippen LogP contribution in [0.25, 0.3) is 0 Å². The van der Waals surface area contributed by atoms with Gasteiger partial charge in [0.05, 0.1) is 6.54 Å². The fourth-order valence-corrected chi connectivity index (χ4v) is 1.69.